The molecule has 5 heteroatoms. The average molecular weight is 263 g/mol. The standard InChI is InChI=1S/C14H21N3O2/c1-12(13-2-6-15-7-3-13)17-19-11-10-18-14-4-8-16-9-5-14/h2-3,6-7,14,16H,4-5,8-11H2,1H3. The van der Waals surface area contributed by atoms with Gasteiger partial charge in [-0.3, -0.25) is 4.98 Å². The molecule has 1 fully saturated rings. The van der Waals surface area contributed by atoms with Gasteiger partial charge < -0.3 is 14.9 Å². The Kier molecular flexibility index (Phi) is 5.78. The lowest BCUT2D eigenvalue weighted by molar-refractivity contribution is -0.00605. The predicted molar refractivity (Wildman–Crippen MR) is 74.2 cm³/mol. The molecule has 19 heavy (non-hydrogen) atoms. The first-order chi connectivity index (χ1) is 9.36. The summed E-state index contributed by atoms with van der Waals surface area (Å²) in [5.74, 6) is 0. The fourth-order valence-electron chi connectivity index (χ4n) is 2.00. The van der Waals surface area contributed by atoms with Crippen molar-refractivity contribution in [3.8, 4) is 0 Å². The highest BCUT2D eigenvalue weighted by atomic mass is 16.6. The van der Waals surface area contributed by atoms with E-state index >= 15 is 0 Å². The third kappa shape index (κ3) is 4.96. The van der Waals surface area contributed by atoms with Crippen molar-refractivity contribution in [3.05, 3.63) is 30.1 Å². The number of ether oxygens (including phenoxy) is 1. The molecule has 0 saturated carbocycles. The Morgan fingerprint density at radius 2 is 2.05 bits per heavy atom. The van der Waals surface area contributed by atoms with Gasteiger partial charge in [-0.2, -0.15) is 0 Å². The molecule has 2 rings (SSSR count). The Bertz CT molecular complexity index is 389. The molecule has 104 valence electrons. The summed E-state index contributed by atoms with van der Waals surface area (Å²) in [4.78, 5) is 9.24. The van der Waals surface area contributed by atoms with E-state index in [0.29, 0.717) is 19.3 Å². The van der Waals surface area contributed by atoms with Crippen LogP contribution >= 0.6 is 0 Å². The van der Waals surface area contributed by atoms with Crippen molar-refractivity contribution in [2.45, 2.75) is 25.9 Å². The maximum absolute atomic E-state index is 5.73. The first-order valence-electron chi connectivity index (χ1n) is 6.75. The van der Waals surface area contributed by atoms with Crippen molar-refractivity contribution in [2.75, 3.05) is 26.3 Å². The monoisotopic (exact) mass is 263 g/mol. The van der Waals surface area contributed by atoms with Crippen molar-refractivity contribution in [3.63, 3.8) is 0 Å². The molecule has 1 N–H and O–H groups in total. The Morgan fingerprint density at radius 3 is 2.79 bits per heavy atom. The minimum absolute atomic E-state index is 0.370. The van der Waals surface area contributed by atoms with Crippen LogP contribution in [0, 0.1) is 0 Å². The molecule has 1 aromatic rings. The third-order valence-electron chi connectivity index (χ3n) is 3.11. The Hall–Kier alpha value is -1.46. The van der Waals surface area contributed by atoms with Crippen molar-refractivity contribution in [1.82, 2.24) is 10.3 Å². The van der Waals surface area contributed by atoms with Crippen molar-refractivity contribution < 1.29 is 9.57 Å². The van der Waals surface area contributed by atoms with E-state index in [9.17, 15) is 0 Å². The average Bonchev–Trinajstić information content (AvgIpc) is 2.49. The summed E-state index contributed by atoms with van der Waals surface area (Å²) in [6.07, 6.45) is 6.03. The minimum atomic E-state index is 0.370. The number of rotatable bonds is 6. The van der Waals surface area contributed by atoms with E-state index in [4.69, 9.17) is 9.57 Å². The molecule has 0 spiro atoms. The minimum Gasteiger partial charge on any atom is -0.393 e. The largest absolute Gasteiger partial charge is 0.393 e. The van der Waals surface area contributed by atoms with Crippen LogP contribution in [0.15, 0.2) is 29.7 Å². The van der Waals surface area contributed by atoms with Gasteiger partial charge >= 0.3 is 0 Å². The van der Waals surface area contributed by atoms with E-state index in [1.165, 1.54) is 0 Å². The topological polar surface area (TPSA) is 55.7 Å². The highest BCUT2D eigenvalue weighted by Crippen LogP contribution is 2.06. The third-order valence-corrected chi connectivity index (χ3v) is 3.11. The second kappa shape index (κ2) is 7.86. The van der Waals surface area contributed by atoms with E-state index in [1.807, 2.05) is 19.1 Å². The highest BCUT2D eigenvalue weighted by Gasteiger charge is 2.12. The Labute approximate surface area is 114 Å². The van der Waals surface area contributed by atoms with Gasteiger partial charge in [0, 0.05) is 18.0 Å². The maximum atomic E-state index is 5.73. The summed E-state index contributed by atoms with van der Waals surface area (Å²) in [5.41, 5.74) is 1.87. The zero-order valence-corrected chi connectivity index (χ0v) is 11.3. The molecule has 0 radical (unpaired) electrons. The van der Waals surface area contributed by atoms with Crippen LogP contribution in [0.1, 0.15) is 25.3 Å². The number of oxime groups is 1. The number of aromatic nitrogens is 1. The van der Waals surface area contributed by atoms with Crippen LogP contribution in [0.3, 0.4) is 0 Å². The molecule has 1 aromatic heterocycles. The van der Waals surface area contributed by atoms with Crippen LogP contribution in [-0.4, -0.2) is 43.1 Å². The summed E-state index contributed by atoms with van der Waals surface area (Å²) < 4.78 is 5.73. The van der Waals surface area contributed by atoms with E-state index in [0.717, 1.165) is 37.2 Å². The van der Waals surface area contributed by atoms with Crippen molar-refractivity contribution >= 4 is 5.71 Å². The van der Waals surface area contributed by atoms with Crippen LogP contribution in [-0.2, 0) is 9.57 Å². The number of nitrogens with one attached hydrogen (secondary N) is 1. The number of piperidine rings is 1. The van der Waals surface area contributed by atoms with E-state index in [-0.39, 0.29) is 0 Å². The number of hydrogen-bond donors (Lipinski definition) is 1. The molecule has 5 nitrogen and oxygen atoms in total. The molecular formula is C14H21N3O2. The van der Waals surface area contributed by atoms with E-state index < -0.39 is 0 Å². The summed E-state index contributed by atoms with van der Waals surface area (Å²) in [6.45, 7) is 5.10. The van der Waals surface area contributed by atoms with Gasteiger partial charge in [0.05, 0.1) is 18.4 Å². The van der Waals surface area contributed by atoms with Crippen LogP contribution in [0.4, 0.5) is 0 Å². The van der Waals surface area contributed by atoms with Gasteiger partial charge in [0.25, 0.3) is 0 Å². The van der Waals surface area contributed by atoms with Crippen LogP contribution in [0.5, 0.6) is 0 Å². The maximum Gasteiger partial charge on any atom is 0.140 e. The van der Waals surface area contributed by atoms with Gasteiger partial charge in [-0.05, 0) is 45.0 Å². The summed E-state index contributed by atoms with van der Waals surface area (Å²) in [5, 5.41) is 7.38. The second-order valence-corrected chi connectivity index (χ2v) is 4.57. The molecule has 1 aliphatic heterocycles. The van der Waals surface area contributed by atoms with Crippen molar-refractivity contribution in [2.24, 2.45) is 5.16 Å². The Morgan fingerprint density at radius 1 is 1.32 bits per heavy atom. The zero-order valence-electron chi connectivity index (χ0n) is 11.3. The first kappa shape index (κ1) is 14.0. The molecular weight excluding hydrogens is 242 g/mol. The first-order valence-corrected chi connectivity index (χ1v) is 6.75. The molecule has 0 aliphatic carbocycles. The number of nitrogens with zero attached hydrogens (tertiary/aromatic N) is 2. The SMILES string of the molecule is CC(=NOCCOC1CCNCC1)c1ccncc1. The number of pyridine rings is 1. The summed E-state index contributed by atoms with van der Waals surface area (Å²) in [6, 6.07) is 3.82. The molecule has 0 amide bonds. The van der Waals surface area contributed by atoms with Crippen LogP contribution in [0.25, 0.3) is 0 Å². The van der Waals surface area contributed by atoms with Gasteiger partial charge in [-0.1, -0.05) is 5.16 Å². The number of hydrogen-bond acceptors (Lipinski definition) is 5. The predicted octanol–water partition coefficient (Wildman–Crippen LogP) is 1.59. The summed E-state index contributed by atoms with van der Waals surface area (Å²) in [7, 11) is 0. The lowest BCUT2D eigenvalue weighted by Crippen LogP contribution is -2.33. The second-order valence-electron chi connectivity index (χ2n) is 4.57. The quantitative estimate of drug-likeness (QED) is 0.481. The molecule has 0 bridgehead atoms. The molecule has 1 saturated heterocycles. The van der Waals surface area contributed by atoms with E-state index in [1.54, 1.807) is 12.4 Å². The van der Waals surface area contributed by atoms with Crippen LogP contribution in [0.2, 0.25) is 0 Å². The lowest BCUT2D eigenvalue weighted by Gasteiger charge is -2.22. The highest BCUT2D eigenvalue weighted by molar-refractivity contribution is 5.98. The van der Waals surface area contributed by atoms with Gasteiger partial charge in [0.1, 0.15) is 6.61 Å². The molecule has 1 aliphatic rings. The fourth-order valence-corrected chi connectivity index (χ4v) is 2.00. The van der Waals surface area contributed by atoms with E-state index in [2.05, 4.69) is 15.5 Å². The van der Waals surface area contributed by atoms with Crippen molar-refractivity contribution in [1.29, 1.82) is 0 Å². The summed E-state index contributed by atoms with van der Waals surface area (Å²) >= 11 is 0. The molecule has 0 aromatic carbocycles. The Balaban J connectivity index is 1.63. The normalized spacial score (nSPS) is 17.4. The van der Waals surface area contributed by atoms with Gasteiger partial charge in [0.15, 0.2) is 0 Å². The van der Waals surface area contributed by atoms with Gasteiger partial charge in [-0.15, -0.1) is 0 Å². The molecule has 2 heterocycles. The smallest absolute Gasteiger partial charge is 0.140 e. The molecule has 0 unspecified atom stereocenters. The zero-order chi connectivity index (χ0) is 13.3. The van der Waals surface area contributed by atoms with Gasteiger partial charge in [0.2, 0.25) is 0 Å². The molecule has 0 atom stereocenters. The van der Waals surface area contributed by atoms with Crippen LogP contribution < -0.4 is 5.32 Å². The van der Waals surface area contributed by atoms with Gasteiger partial charge in [-0.25, -0.2) is 0 Å². The fraction of sp³-hybridized carbons (Fsp3) is 0.571. The lowest BCUT2D eigenvalue weighted by atomic mass is 10.1.